The highest BCUT2D eigenvalue weighted by Gasteiger charge is 2.34. The second kappa shape index (κ2) is 7.71. The van der Waals surface area contributed by atoms with Gasteiger partial charge in [0.25, 0.3) is 0 Å². The van der Waals surface area contributed by atoms with Crippen LogP contribution in [0.5, 0.6) is 0 Å². The zero-order valence-corrected chi connectivity index (χ0v) is 14.0. The summed E-state index contributed by atoms with van der Waals surface area (Å²) in [6, 6.07) is 2.05. The maximum Gasteiger partial charge on any atom is 0.313 e. The highest BCUT2D eigenvalue weighted by Crippen LogP contribution is 2.29. The molecule has 1 N–H and O–H groups in total. The van der Waals surface area contributed by atoms with Crippen LogP contribution in [0, 0.1) is 12.8 Å². The summed E-state index contributed by atoms with van der Waals surface area (Å²) >= 11 is 1.66. The van der Waals surface area contributed by atoms with Gasteiger partial charge in [0, 0.05) is 11.3 Å². The fraction of sp³-hybridized carbons (Fsp3) is 0.625. The molecule has 0 radical (unpaired) electrons. The number of carbonyl (C=O) groups is 2. The van der Waals surface area contributed by atoms with E-state index in [1.165, 1.54) is 17.6 Å². The number of ether oxygens (including phenoxy) is 1. The summed E-state index contributed by atoms with van der Waals surface area (Å²) in [6.45, 7) is 5.84. The molecule has 0 spiro atoms. The standard InChI is InChI=1S/C16H24O4S/c1-11(2)16(19,10-13(17)9-15(18)20-4)7-5-14-12(3)6-8-21-14/h6,8,11,19H,5,7,9-10H2,1-4H3. The zero-order valence-electron chi connectivity index (χ0n) is 13.1. The number of aliphatic hydroxyl groups is 1. The van der Waals surface area contributed by atoms with Crippen molar-refractivity contribution in [2.24, 2.45) is 5.92 Å². The lowest BCUT2D eigenvalue weighted by Gasteiger charge is -2.31. The van der Waals surface area contributed by atoms with Crippen LogP contribution >= 0.6 is 11.3 Å². The van der Waals surface area contributed by atoms with Gasteiger partial charge in [0.05, 0.1) is 12.7 Å². The highest BCUT2D eigenvalue weighted by molar-refractivity contribution is 7.10. The molecule has 0 bridgehead atoms. The molecule has 1 aromatic heterocycles. The number of Topliss-reactive ketones (excluding diaryl/α,β-unsaturated/α-hetero) is 1. The third kappa shape index (κ3) is 5.25. The molecular weight excluding hydrogens is 288 g/mol. The van der Waals surface area contributed by atoms with Gasteiger partial charge in [-0.1, -0.05) is 13.8 Å². The summed E-state index contributed by atoms with van der Waals surface area (Å²) < 4.78 is 4.49. The molecule has 21 heavy (non-hydrogen) atoms. The number of carbonyl (C=O) groups excluding carboxylic acids is 2. The monoisotopic (exact) mass is 312 g/mol. The Morgan fingerprint density at radius 1 is 1.43 bits per heavy atom. The quantitative estimate of drug-likeness (QED) is 0.592. The van der Waals surface area contributed by atoms with Crippen LogP contribution in [0.2, 0.25) is 0 Å². The molecule has 1 unspecified atom stereocenters. The average molecular weight is 312 g/mol. The Bertz CT molecular complexity index is 492. The van der Waals surface area contributed by atoms with E-state index in [9.17, 15) is 14.7 Å². The van der Waals surface area contributed by atoms with Gasteiger partial charge in [-0.15, -0.1) is 11.3 Å². The SMILES string of the molecule is COC(=O)CC(=O)CC(O)(CCc1sccc1C)C(C)C. The summed E-state index contributed by atoms with van der Waals surface area (Å²) in [5, 5.41) is 12.8. The number of hydrogen-bond acceptors (Lipinski definition) is 5. The fourth-order valence-corrected chi connectivity index (χ4v) is 3.12. The molecule has 0 saturated heterocycles. The lowest BCUT2D eigenvalue weighted by molar-refractivity contribution is -0.144. The lowest BCUT2D eigenvalue weighted by Crippen LogP contribution is -2.38. The molecule has 1 heterocycles. The summed E-state index contributed by atoms with van der Waals surface area (Å²) in [6.07, 6.45) is 0.969. The van der Waals surface area contributed by atoms with Gasteiger partial charge in [-0.3, -0.25) is 9.59 Å². The average Bonchev–Trinajstić information content (AvgIpc) is 2.81. The number of rotatable bonds is 8. The highest BCUT2D eigenvalue weighted by atomic mass is 32.1. The largest absolute Gasteiger partial charge is 0.469 e. The summed E-state index contributed by atoms with van der Waals surface area (Å²) in [4.78, 5) is 24.3. The third-order valence-corrected chi connectivity index (χ3v) is 4.98. The van der Waals surface area contributed by atoms with Crippen LogP contribution in [0.1, 0.15) is 43.6 Å². The molecule has 0 fully saturated rings. The smallest absolute Gasteiger partial charge is 0.313 e. The molecule has 1 aromatic rings. The van der Waals surface area contributed by atoms with Crippen molar-refractivity contribution < 1.29 is 19.4 Å². The van der Waals surface area contributed by atoms with E-state index in [1.807, 2.05) is 26.2 Å². The van der Waals surface area contributed by atoms with Gasteiger partial charge in [0.15, 0.2) is 0 Å². The van der Waals surface area contributed by atoms with Crippen LogP contribution in [0.4, 0.5) is 0 Å². The topological polar surface area (TPSA) is 63.6 Å². The molecular formula is C16H24O4S. The molecule has 4 nitrogen and oxygen atoms in total. The number of thiophene rings is 1. The van der Waals surface area contributed by atoms with E-state index < -0.39 is 11.6 Å². The minimum Gasteiger partial charge on any atom is -0.469 e. The van der Waals surface area contributed by atoms with E-state index in [4.69, 9.17) is 0 Å². The number of aryl methyl sites for hydroxylation is 2. The number of methoxy groups -OCH3 is 1. The van der Waals surface area contributed by atoms with E-state index in [2.05, 4.69) is 10.8 Å². The normalized spacial score (nSPS) is 14.0. The molecule has 0 aromatic carbocycles. The summed E-state index contributed by atoms with van der Waals surface area (Å²) in [7, 11) is 1.25. The van der Waals surface area contributed by atoms with Crippen molar-refractivity contribution in [3.8, 4) is 0 Å². The van der Waals surface area contributed by atoms with Crippen molar-refractivity contribution in [2.75, 3.05) is 7.11 Å². The fourth-order valence-electron chi connectivity index (χ4n) is 2.21. The molecule has 0 aliphatic carbocycles. The first-order valence-electron chi connectivity index (χ1n) is 7.12. The summed E-state index contributed by atoms with van der Waals surface area (Å²) in [5.41, 5.74) is 0.133. The predicted octanol–water partition coefficient (Wildman–Crippen LogP) is 2.90. The van der Waals surface area contributed by atoms with Gasteiger partial charge in [0.2, 0.25) is 0 Å². The van der Waals surface area contributed by atoms with Gasteiger partial charge >= 0.3 is 5.97 Å². The van der Waals surface area contributed by atoms with Crippen LogP contribution in [0.15, 0.2) is 11.4 Å². The predicted molar refractivity (Wildman–Crippen MR) is 83.4 cm³/mol. The minimum atomic E-state index is -1.08. The molecule has 1 atom stereocenters. The third-order valence-electron chi connectivity index (χ3n) is 3.90. The number of esters is 1. The Hall–Kier alpha value is -1.20. The second-order valence-corrected chi connectivity index (χ2v) is 6.75. The van der Waals surface area contributed by atoms with E-state index in [0.717, 1.165) is 6.42 Å². The van der Waals surface area contributed by atoms with Gasteiger partial charge in [0.1, 0.15) is 12.2 Å². The van der Waals surface area contributed by atoms with E-state index in [1.54, 1.807) is 11.3 Å². The van der Waals surface area contributed by atoms with E-state index in [0.29, 0.717) is 6.42 Å². The molecule has 0 aliphatic heterocycles. The Morgan fingerprint density at radius 2 is 2.10 bits per heavy atom. The van der Waals surface area contributed by atoms with Crippen LogP contribution < -0.4 is 0 Å². The molecule has 0 amide bonds. The maximum absolute atomic E-state index is 11.9. The van der Waals surface area contributed by atoms with Crippen molar-refractivity contribution in [2.45, 2.75) is 52.1 Å². The second-order valence-electron chi connectivity index (χ2n) is 5.75. The Kier molecular flexibility index (Phi) is 6.55. The Balaban J connectivity index is 2.67. The van der Waals surface area contributed by atoms with Crippen molar-refractivity contribution in [1.82, 2.24) is 0 Å². The van der Waals surface area contributed by atoms with Gasteiger partial charge in [-0.05, 0) is 42.7 Å². The summed E-state index contributed by atoms with van der Waals surface area (Å²) in [5.74, 6) is -0.888. The first-order valence-corrected chi connectivity index (χ1v) is 8.00. The number of ketones is 1. The Labute approximate surface area is 130 Å². The van der Waals surface area contributed by atoms with Gasteiger partial charge in [-0.25, -0.2) is 0 Å². The van der Waals surface area contributed by atoms with Crippen molar-refractivity contribution in [1.29, 1.82) is 0 Å². The maximum atomic E-state index is 11.9. The van der Waals surface area contributed by atoms with Gasteiger partial charge in [-0.2, -0.15) is 0 Å². The number of hydrogen-bond donors (Lipinski definition) is 1. The van der Waals surface area contributed by atoms with E-state index in [-0.39, 0.29) is 24.5 Å². The van der Waals surface area contributed by atoms with Crippen molar-refractivity contribution in [3.05, 3.63) is 21.9 Å². The molecule has 0 aliphatic rings. The molecule has 118 valence electrons. The van der Waals surface area contributed by atoms with Crippen LogP contribution in [0.3, 0.4) is 0 Å². The Morgan fingerprint density at radius 3 is 2.57 bits per heavy atom. The minimum absolute atomic E-state index is 0.00973. The lowest BCUT2D eigenvalue weighted by atomic mass is 9.81. The first kappa shape index (κ1) is 17.9. The molecule has 0 saturated carbocycles. The van der Waals surface area contributed by atoms with Crippen LogP contribution in [-0.4, -0.2) is 29.6 Å². The molecule has 5 heteroatoms. The van der Waals surface area contributed by atoms with Crippen LogP contribution in [0.25, 0.3) is 0 Å². The first-order chi connectivity index (χ1) is 9.78. The zero-order chi connectivity index (χ0) is 16.0. The van der Waals surface area contributed by atoms with Crippen molar-refractivity contribution in [3.63, 3.8) is 0 Å². The van der Waals surface area contributed by atoms with Crippen LogP contribution in [-0.2, 0) is 20.7 Å². The van der Waals surface area contributed by atoms with Gasteiger partial charge < -0.3 is 9.84 Å². The molecule has 1 rings (SSSR count). The van der Waals surface area contributed by atoms with E-state index >= 15 is 0 Å². The van der Waals surface area contributed by atoms with Crippen molar-refractivity contribution >= 4 is 23.1 Å².